The molecule has 0 amide bonds. The summed E-state index contributed by atoms with van der Waals surface area (Å²) < 4.78 is 15.6. The Labute approximate surface area is 245 Å². The minimum atomic E-state index is -0.240. The van der Waals surface area contributed by atoms with Crippen molar-refractivity contribution in [2.75, 3.05) is 7.11 Å². The van der Waals surface area contributed by atoms with Crippen LogP contribution in [0.15, 0.2) is 71.8 Å². The topological polar surface area (TPSA) is 65.7 Å². The molecule has 0 spiro atoms. The molecule has 0 saturated heterocycles. The number of nitrogens with zero attached hydrogens (tertiary/aromatic N) is 3. The first-order valence-electron chi connectivity index (χ1n) is 11.4. The minimum Gasteiger partial charge on any atom is -0.493 e. The van der Waals surface area contributed by atoms with Crippen molar-refractivity contribution in [1.82, 2.24) is 9.66 Å². The molecule has 0 aliphatic heterocycles. The average Bonchev–Trinajstić information content (AvgIpc) is 2.87. The summed E-state index contributed by atoms with van der Waals surface area (Å²) in [4.78, 5) is 18.1. The van der Waals surface area contributed by atoms with Gasteiger partial charge in [0.2, 0.25) is 0 Å². The molecule has 6 nitrogen and oxygen atoms in total. The Morgan fingerprint density at radius 2 is 1.84 bits per heavy atom. The van der Waals surface area contributed by atoms with E-state index in [4.69, 9.17) is 26.1 Å². The maximum atomic E-state index is 13.4. The van der Waals surface area contributed by atoms with Crippen molar-refractivity contribution < 1.29 is 9.47 Å². The zero-order chi connectivity index (χ0) is 26.7. The molecule has 1 atom stereocenters. The molecule has 4 rings (SSSR count). The molecule has 0 bridgehead atoms. The standard InChI is InChI=1S/C27H23Br3ClN3O3/c1-4-15(2)26-33-23-8-7-18(28)11-20(23)27(35)34(26)32-13-16-9-22(31)25(24(10-16)36-3)37-14-17-5-6-19(29)12-21(17)30/h5-13,15H,4,14H2,1-3H3/t15-/m0/s1. The number of hydrogen-bond acceptors (Lipinski definition) is 5. The molecule has 0 unspecified atom stereocenters. The second kappa shape index (κ2) is 12.1. The highest BCUT2D eigenvalue weighted by molar-refractivity contribution is 9.11. The van der Waals surface area contributed by atoms with Crippen molar-refractivity contribution in [3.8, 4) is 11.5 Å². The molecule has 0 aliphatic rings. The summed E-state index contributed by atoms with van der Waals surface area (Å²) in [6.07, 6.45) is 2.38. The predicted octanol–water partition coefficient (Wildman–Crippen LogP) is 8.32. The van der Waals surface area contributed by atoms with E-state index in [2.05, 4.69) is 52.9 Å². The Kier molecular flexibility index (Phi) is 9.11. The van der Waals surface area contributed by atoms with Gasteiger partial charge in [-0.3, -0.25) is 4.79 Å². The van der Waals surface area contributed by atoms with Gasteiger partial charge in [-0.1, -0.05) is 79.3 Å². The Morgan fingerprint density at radius 3 is 2.54 bits per heavy atom. The smallest absolute Gasteiger partial charge is 0.282 e. The maximum absolute atomic E-state index is 13.4. The molecule has 1 aromatic heterocycles. The fourth-order valence-electron chi connectivity index (χ4n) is 3.65. The lowest BCUT2D eigenvalue weighted by Crippen LogP contribution is -2.23. The summed E-state index contributed by atoms with van der Waals surface area (Å²) in [5.74, 6) is 1.50. The van der Waals surface area contributed by atoms with Crippen molar-refractivity contribution in [1.29, 1.82) is 0 Å². The number of ether oxygens (including phenoxy) is 2. The lowest BCUT2D eigenvalue weighted by atomic mass is 10.1. The molecule has 37 heavy (non-hydrogen) atoms. The Balaban J connectivity index is 1.69. The molecule has 0 fully saturated rings. The molecular weight excluding hydrogens is 689 g/mol. The summed E-state index contributed by atoms with van der Waals surface area (Å²) in [7, 11) is 1.55. The number of benzene rings is 3. The van der Waals surface area contributed by atoms with Gasteiger partial charge in [0, 0.05) is 24.9 Å². The van der Waals surface area contributed by atoms with Crippen LogP contribution < -0.4 is 15.0 Å². The zero-order valence-corrected chi connectivity index (χ0v) is 25.8. The van der Waals surface area contributed by atoms with Gasteiger partial charge >= 0.3 is 0 Å². The van der Waals surface area contributed by atoms with Crippen molar-refractivity contribution in [3.63, 3.8) is 0 Å². The van der Waals surface area contributed by atoms with E-state index in [-0.39, 0.29) is 11.5 Å². The molecule has 0 aliphatic carbocycles. The number of methoxy groups -OCH3 is 1. The second-order valence-electron chi connectivity index (χ2n) is 8.36. The number of halogens is 4. The third-order valence-corrected chi connectivity index (χ3v) is 7.85. The lowest BCUT2D eigenvalue weighted by Gasteiger charge is -2.15. The van der Waals surface area contributed by atoms with Crippen LogP contribution in [0, 0.1) is 0 Å². The minimum absolute atomic E-state index is 0.0322. The van der Waals surface area contributed by atoms with Crippen LogP contribution in [0.25, 0.3) is 10.9 Å². The fraction of sp³-hybridized carbons (Fsp3) is 0.222. The molecule has 3 aromatic carbocycles. The molecule has 10 heteroatoms. The molecular formula is C27H23Br3ClN3O3. The third kappa shape index (κ3) is 6.28. The quantitative estimate of drug-likeness (QED) is 0.173. The summed E-state index contributed by atoms with van der Waals surface area (Å²) in [6.45, 7) is 4.37. The molecule has 1 heterocycles. The maximum Gasteiger partial charge on any atom is 0.282 e. The van der Waals surface area contributed by atoms with Crippen LogP contribution in [0.3, 0.4) is 0 Å². The van der Waals surface area contributed by atoms with Gasteiger partial charge in [-0.05, 0) is 54.4 Å². The second-order valence-corrected chi connectivity index (χ2v) is 11.5. The van der Waals surface area contributed by atoms with E-state index in [1.165, 1.54) is 4.68 Å². The predicted molar refractivity (Wildman–Crippen MR) is 160 cm³/mol. The Bertz CT molecular complexity index is 1560. The van der Waals surface area contributed by atoms with Crippen molar-refractivity contribution in [3.05, 3.63) is 94.3 Å². The first-order chi connectivity index (χ1) is 17.7. The fourth-order valence-corrected chi connectivity index (χ4v) is 5.44. The number of hydrogen-bond donors (Lipinski definition) is 0. The summed E-state index contributed by atoms with van der Waals surface area (Å²) in [5.41, 5.74) is 2.00. The summed E-state index contributed by atoms with van der Waals surface area (Å²) in [6, 6.07) is 14.8. The van der Waals surface area contributed by atoms with E-state index in [9.17, 15) is 4.79 Å². The number of rotatable bonds is 8. The SMILES string of the molecule is CC[C@H](C)c1nc2ccc(Br)cc2c(=O)n1N=Cc1cc(Cl)c(OCc2ccc(Br)cc2Br)c(OC)c1. The first-order valence-corrected chi connectivity index (χ1v) is 14.2. The average molecular weight is 713 g/mol. The van der Waals surface area contributed by atoms with Gasteiger partial charge in [-0.2, -0.15) is 9.78 Å². The highest BCUT2D eigenvalue weighted by Crippen LogP contribution is 2.37. The van der Waals surface area contributed by atoms with E-state index in [1.54, 1.807) is 31.5 Å². The van der Waals surface area contributed by atoms with E-state index in [0.717, 1.165) is 25.4 Å². The van der Waals surface area contributed by atoms with Crippen LogP contribution in [-0.4, -0.2) is 23.0 Å². The van der Waals surface area contributed by atoms with Gasteiger partial charge in [0.1, 0.15) is 12.4 Å². The van der Waals surface area contributed by atoms with Gasteiger partial charge in [-0.15, -0.1) is 0 Å². The van der Waals surface area contributed by atoms with Gasteiger partial charge < -0.3 is 9.47 Å². The van der Waals surface area contributed by atoms with Crippen LogP contribution >= 0.6 is 59.4 Å². The Hall–Kier alpha value is -2.20. The molecule has 0 saturated carbocycles. The van der Waals surface area contributed by atoms with Crippen LogP contribution in [0.4, 0.5) is 0 Å². The molecule has 0 N–H and O–H groups in total. The summed E-state index contributed by atoms with van der Waals surface area (Å²) >= 11 is 17.0. The van der Waals surface area contributed by atoms with Crippen LogP contribution in [0.1, 0.15) is 43.1 Å². The van der Waals surface area contributed by atoms with Crippen molar-refractivity contribution in [2.45, 2.75) is 32.8 Å². The van der Waals surface area contributed by atoms with E-state index >= 15 is 0 Å². The number of fused-ring (bicyclic) bond motifs is 1. The number of aromatic nitrogens is 2. The van der Waals surface area contributed by atoms with Gasteiger partial charge in [-0.25, -0.2) is 4.98 Å². The van der Waals surface area contributed by atoms with E-state index < -0.39 is 0 Å². The third-order valence-electron chi connectivity index (χ3n) is 5.85. The zero-order valence-electron chi connectivity index (χ0n) is 20.3. The van der Waals surface area contributed by atoms with Crippen LogP contribution in [0.2, 0.25) is 5.02 Å². The molecule has 0 radical (unpaired) electrons. The van der Waals surface area contributed by atoms with Gasteiger partial charge in [0.25, 0.3) is 5.56 Å². The highest BCUT2D eigenvalue weighted by atomic mass is 79.9. The van der Waals surface area contributed by atoms with Crippen LogP contribution in [0.5, 0.6) is 11.5 Å². The van der Waals surface area contributed by atoms with Crippen LogP contribution in [-0.2, 0) is 6.61 Å². The first kappa shape index (κ1) is 27.8. The monoisotopic (exact) mass is 709 g/mol. The molecule has 4 aromatic rings. The van der Waals surface area contributed by atoms with Crippen molar-refractivity contribution >= 4 is 76.5 Å². The highest BCUT2D eigenvalue weighted by Gasteiger charge is 2.17. The Morgan fingerprint density at radius 1 is 1.11 bits per heavy atom. The normalized spacial score (nSPS) is 12.3. The van der Waals surface area contributed by atoms with E-state index in [0.29, 0.717) is 45.4 Å². The summed E-state index contributed by atoms with van der Waals surface area (Å²) in [5, 5.41) is 5.37. The van der Waals surface area contributed by atoms with Gasteiger partial charge in [0.15, 0.2) is 11.5 Å². The molecule has 192 valence electrons. The van der Waals surface area contributed by atoms with E-state index in [1.807, 2.05) is 44.2 Å². The largest absolute Gasteiger partial charge is 0.493 e. The lowest BCUT2D eigenvalue weighted by molar-refractivity contribution is 0.284. The van der Waals surface area contributed by atoms with Crippen molar-refractivity contribution in [2.24, 2.45) is 5.10 Å². The van der Waals surface area contributed by atoms with Gasteiger partial charge in [0.05, 0.1) is 29.2 Å².